The van der Waals surface area contributed by atoms with Crippen LogP contribution in [-0.2, 0) is 18.4 Å². The largest absolute Gasteiger partial charge is 0.321 e. The van der Waals surface area contributed by atoms with Crippen LogP contribution in [0.5, 0.6) is 0 Å². The Morgan fingerprint density at radius 1 is 1.22 bits per heavy atom. The molecule has 2 rings (SSSR count). The van der Waals surface area contributed by atoms with E-state index in [1.807, 2.05) is 13.0 Å². The van der Waals surface area contributed by atoms with E-state index in [1.54, 1.807) is 17.4 Å². The average Bonchev–Trinajstić information content (AvgIpc) is 2.76. The van der Waals surface area contributed by atoms with Crippen molar-refractivity contribution in [3.8, 4) is 0 Å². The number of nitrogens with two attached hydrogens (primary N) is 1. The second kappa shape index (κ2) is 5.21. The summed E-state index contributed by atoms with van der Waals surface area (Å²) in [6.07, 6.45) is 1.78. The molecule has 96 valence electrons. The van der Waals surface area contributed by atoms with Crippen LogP contribution in [0.25, 0.3) is 0 Å². The zero-order valence-electron chi connectivity index (χ0n) is 10.7. The highest BCUT2D eigenvalue weighted by atomic mass is 32.1. The molecule has 2 aromatic rings. The van der Waals surface area contributed by atoms with Gasteiger partial charge in [0.15, 0.2) is 0 Å². The van der Waals surface area contributed by atoms with Crippen molar-refractivity contribution in [3.63, 3.8) is 0 Å². The zero-order chi connectivity index (χ0) is 13.2. The Kier molecular flexibility index (Phi) is 3.83. The highest BCUT2D eigenvalue weighted by Gasteiger charge is 2.22. The smallest absolute Gasteiger partial charge is 0.123 e. The number of aryl methyl sites for hydroxylation is 1. The zero-order valence-corrected chi connectivity index (χ0v) is 11.6. The monoisotopic (exact) mass is 263 g/mol. The van der Waals surface area contributed by atoms with Gasteiger partial charge in [-0.15, -0.1) is 11.3 Å². The summed E-state index contributed by atoms with van der Waals surface area (Å²) in [6, 6.07) is 10.8. The summed E-state index contributed by atoms with van der Waals surface area (Å²) in [7, 11) is 0. The molecule has 0 radical (unpaired) electrons. The lowest BCUT2D eigenvalue weighted by atomic mass is 9.89. The van der Waals surface area contributed by atoms with Crippen molar-refractivity contribution in [3.05, 3.63) is 57.5 Å². The van der Waals surface area contributed by atoms with Crippen LogP contribution in [0.15, 0.2) is 36.4 Å². The van der Waals surface area contributed by atoms with Crippen molar-refractivity contribution in [2.24, 2.45) is 5.73 Å². The summed E-state index contributed by atoms with van der Waals surface area (Å²) in [4.78, 5) is 2.61. The lowest BCUT2D eigenvalue weighted by Crippen LogP contribution is -2.35. The summed E-state index contributed by atoms with van der Waals surface area (Å²) < 4.78 is 13.2. The van der Waals surface area contributed by atoms with E-state index in [4.69, 9.17) is 5.73 Å². The van der Waals surface area contributed by atoms with Gasteiger partial charge in [0.1, 0.15) is 5.82 Å². The molecular formula is C15H18FNS. The molecule has 0 aliphatic heterocycles. The van der Waals surface area contributed by atoms with Gasteiger partial charge >= 0.3 is 0 Å². The molecule has 1 aromatic heterocycles. The van der Waals surface area contributed by atoms with E-state index in [-0.39, 0.29) is 5.82 Å². The maximum Gasteiger partial charge on any atom is 0.123 e. The lowest BCUT2D eigenvalue weighted by Gasteiger charge is -2.24. The summed E-state index contributed by atoms with van der Waals surface area (Å²) in [5.41, 5.74) is 6.64. The van der Waals surface area contributed by atoms with Crippen LogP contribution < -0.4 is 5.73 Å². The van der Waals surface area contributed by atoms with Crippen LogP contribution in [-0.4, -0.2) is 0 Å². The fraction of sp³-hybridized carbons (Fsp3) is 0.333. The van der Waals surface area contributed by atoms with Gasteiger partial charge < -0.3 is 5.73 Å². The predicted molar refractivity (Wildman–Crippen MR) is 75.3 cm³/mol. The lowest BCUT2D eigenvalue weighted by molar-refractivity contribution is 0.490. The molecule has 0 fully saturated rings. The molecule has 2 N–H and O–H groups in total. The van der Waals surface area contributed by atoms with Gasteiger partial charge in [-0.3, -0.25) is 0 Å². The Balaban J connectivity index is 2.20. The van der Waals surface area contributed by atoms with E-state index in [0.29, 0.717) is 0 Å². The average molecular weight is 263 g/mol. The number of thiophene rings is 1. The second-order valence-electron chi connectivity index (χ2n) is 4.83. The Hall–Kier alpha value is -1.19. The maximum absolute atomic E-state index is 13.2. The molecule has 1 unspecified atom stereocenters. The van der Waals surface area contributed by atoms with Crippen LogP contribution in [0.3, 0.4) is 0 Å². The summed E-state index contributed by atoms with van der Waals surface area (Å²) in [5.74, 6) is -0.232. The molecule has 0 aliphatic carbocycles. The molecule has 1 atom stereocenters. The Morgan fingerprint density at radius 3 is 2.56 bits per heavy atom. The fourth-order valence-corrected chi connectivity index (χ4v) is 3.14. The molecule has 1 heterocycles. The molecular weight excluding hydrogens is 245 g/mol. The molecule has 0 spiro atoms. The number of halogens is 1. The van der Waals surface area contributed by atoms with Gasteiger partial charge in [-0.2, -0.15) is 0 Å². The van der Waals surface area contributed by atoms with Crippen LogP contribution >= 0.6 is 11.3 Å². The van der Waals surface area contributed by atoms with Crippen molar-refractivity contribution < 1.29 is 4.39 Å². The highest BCUT2D eigenvalue weighted by Crippen LogP contribution is 2.27. The van der Waals surface area contributed by atoms with E-state index < -0.39 is 5.54 Å². The van der Waals surface area contributed by atoms with Crippen molar-refractivity contribution in [2.45, 2.75) is 32.2 Å². The molecule has 1 nitrogen and oxygen atoms in total. The van der Waals surface area contributed by atoms with Gasteiger partial charge in [-0.1, -0.05) is 19.1 Å². The van der Waals surface area contributed by atoms with Gasteiger partial charge in [-0.05, 0) is 43.2 Å². The van der Waals surface area contributed by atoms with Crippen LogP contribution in [0.1, 0.15) is 29.2 Å². The first-order valence-electron chi connectivity index (χ1n) is 6.14. The maximum atomic E-state index is 13.2. The van der Waals surface area contributed by atoms with E-state index in [0.717, 1.165) is 18.4 Å². The predicted octanol–water partition coefficient (Wildman–Crippen LogP) is 3.87. The number of hydrogen-bond acceptors (Lipinski definition) is 2. The van der Waals surface area contributed by atoms with Crippen LogP contribution in [0.2, 0.25) is 0 Å². The van der Waals surface area contributed by atoms with Crippen LogP contribution in [0, 0.1) is 5.82 Å². The highest BCUT2D eigenvalue weighted by molar-refractivity contribution is 7.12. The molecule has 18 heavy (non-hydrogen) atoms. The third kappa shape index (κ3) is 2.98. The Morgan fingerprint density at radius 2 is 1.94 bits per heavy atom. The van der Waals surface area contributed by atoms with Gasteiger partial charge in [-0.25, -0.2) is 4.39 Å². The quantitative estimate of drug-likeness (QED) is 0.890. The first-order valence-corrected chi connectivity index (χ1v) is 6.95. The minimum absolute atomic E-state index is 0.232. The van der Waals surface area contributed by atoms with Gasteiger partial charge in [0.25, 0.3) is 0 Å². The first kappa shape index (κ1) is 13.2. The third-order valence-electron chi connectivity index (χ3n) is 3.09. The number of rotatable bonds is 4. The van der Waals surface area contributed by atoms with E-state index in [1.165, 1.54) is 21.9 Å². The first-order chi connectivity index (χ1) is 8.51. The Labute approximate surface area is 111 Å². The standard InChI is InChI=1S/C15H18FNS/c1-3-13-7-8-14(18-13)10-15(2,17)11-5-4-6-12(16)9-11/h4-9H,3,10,17H2,1-2H3. The number of benzene rings is 1. The van der Waals surface area contributed by atoms with E-state index in [2.05, 4.69) is 19.1 Å². The van der Waals surface area contributed by atoms with E-state index >= 15 is 0 Å². The normalized spacial score (nSPS) is 14.4. The minimum Gasteiger partial charge on any atom is -0.321 e. The van der Waals surface area contributed by atoms with Gasteiger partial charge in [0.2, 0.25) is 0 Å². The van der Waals surface area contributed by atoms with Gasteiger partial charge in [0.05, 0.1) is 0 Å². The van der Waals surface area contributed by atoms with Crippen molar-refractivity contribution in [1.29, 1.82) is 0 Å². The SMILES string of the molecule is CCc1ccc(CC(C)(N)c2cccc(F)c2)s1. The molecule has 0 bridgehead atoms. The fourth-order valence-electron chi connectivity index (χ4n) is 2.02. The molecule has 3 heteroatoms. The third-order valence-corrected chi connectivity index (χ3v) is 4.32. The molecule has 0 saturated heterocycles. The molecule has 0 aliphatic rings. The molecule has 0 saturated carbocycles. The van der Waals surface area contributed by atoms with Crippen molar-refractivity contribution in [2.75, 3.05) is 0 Å². The van der Waals surface area contributed by atoms with Crippen molar-refractivity contribution >= 4 is 11.3 Å². The van der Waals surface area contributed by atoms with Gasteiger partial charge in [0, 0.05) is 21.7 Å². The molecule has 1 aromatic carbocycles. The van der Waals surface area contributed by atoms with E-state index in [9.17, 15) is 4.39 Å². The topological polar surface area (TPSA) is 26.0 Å². The van der Waals surface area contributed by atoms with Crippen LogP contribution in [0.4, 0.5) is 4.39 Å². The Bertz CT molecular complexity index is 531. The molecule has 0 amide bonds. The number of hydrogen-bond donors (Lipinski definition) is 1. The minimum atomic E-state index is -0.530. The second-order valence-corrected chi connectivity index (χ2v) is 6.08. The summed E-state index contributed by atoms with van der Waals surface area (Å²) >= 11 is 1.78. The summed E-state index contributed by atoms with van der Waals surface area (Å²) in [5, 5.41) is 0. The summed E-state index contributed by atoms with van der Waals surface area (Å²) in [6.45, 7) is 4.09. The van der Waals surface area contributed by atoms with Crippen molar-refractivity contribution in [1.82, 2.24) is 0 Å².